The van der Waals surface area contributed by atoms with E-state index < -0.39 is 0 Å². The van der Waals surface area contributed by atoms with E-state index in [2.05, 4.69) is 44.9 Å². The lowest BCUT2D eigenvalue weighted by Crippen LogP contribution is -2.35. The Balaban J connectivity index is 2.67. The molecule has 2 heteroatoms. The van der Waals surface area contributed by atoms with Crippen molar-refractivity contribution < 1.29 is 0 Å². The normalized spacial score (nSPS) is 25.7. The van der Waals surface area contributed by atoms with Gasteiger partial charge in [0.1, 0.15) is 0 Å². The second kappa shape index (κ2) is 2.50. The Morgan fingerprint density at radius 3 is 2.18 bits per heavy atom. The Morgan fingerprint density at radius 2 is 2.00 bits per heavy atom. The first-order valence-corrected chi connectivity index (χ1v) is 4.18. The first-order chi connectivity index (χ1) is 4.91. The third kappa shape index (κ3) is 1.73. The van der Waals surface area contributed by atoms with Gasteiger partial charge in [-0.2, -0.15) is 5.10 Å². The van der Waals surface area contributed by atoms with E-state index in [1.54, 1.807) is 0 Å². The summed E-state index contributed by atoms with van der Waals surface area (Å²) in [5.74, 6) is 0. The summed E-state index contributed by atoms with van der Waals surface area (Å²) in [5, 5.41) is 6.48. The molecule has 1 unspecified atom stereocenters. The maximum atomic E-state index is 4.39. The first kappa shape index (κ1) is 8.57. The van der Waals surface area contributed by atoms with Crippen LogP contribution in [0.25, 0.3) is 0 Å². The van der Waals surface area contributed by atoms with Gasteiger partial charge in [0.05, 0.1) is 6.04 Å². The van der Waals surface area contributed by atoms with Crippen molar-refractivity contribution in [1.29, 1.82) is 0 Å². The van der Waals surface area contributed by atoms with E-state index in [1.807, 2.05) is 0 Å². The minimum absolute atomic E-state index is 0.343. The van der Waals surface area contributed by atoms with Crippen LogP contribution in [0.4, 0.5) is 0 Å². The summed E-state index contributed by atoms with van der Waals surface area (Å²) in [4.78, 5) is 0. The molecule has 2 nitrogen and oxygen atoms in total. The maximum absolute atomic E-state index is 4.39. The van der Waals surface area contributed by atoms with Crippen molar-refractivity contribution in [2.75, 3.05) is 7.05 Å². The molecule has 0 saturated heterocycles. The van der Waals surface area contributed by atoms with Crippen molar-refractivity contribution in [2.24, 2.45) is 10.5 Å². The van der Waals surface area contributed by atoms with Crippen molar-refractivity contribution in [3.63, 3.8) is 0 Å². The van der Waals surface area contributed by atoms with Gasteiger partial charge in [-0.05, 0) is 12.3 Å². The van der Waals surface area contributed by atoms with Crippen LogP contribution < -0.4 is 0 Å². The minimum Gasteiger partial charge on any atom is -0.296 e. The summed E-state index contributed by atoms with van der Waals surface area (Å²) >= 11 is 0. The summed E-state index contributed by atoms with van der Waals surface area (Å²) in [6, 6.07) is 0.586. The average molecular weight is 154 g/mol. The monoisotopic (exact) mass is 154 g/mol. The maximum Gasteiger partial charge on any atom is 0.0568 e. The molecule has 1 atom stereocenters. The van der Waals surface area contributed by atoms with Crippen LogP contribution in [-0.4, -0.2) is 23.8 Å². The summed E-state index contributed by atoms with van der Waals surface area (Å²) in [7, 11) is 2.06. The van der Waals surface area contributed by atoms with Crippen molar-refractivity contribution in [2.45, 2.75) is 40.2 Å². The molecule has 0 N–H and O–H groups in total. The highest BCUT2D eigenvalue weighted by atomic mass is 15.5. The lowest BCUT2D eigenvalue weighted by atomic mass is 9.84. The summed E-state index contributed by atoms with van der Waals surface area (Å²) in [6.45, 7) is 8.90. The molecule has 0 aliphatic carbocycles. The molecule has 0 aromatic heterocycles. The molecule has 0 aromatic rings. The van der Waals surface area contributed by atoms with Gasteiger partial charge >= 0.3 is 0 Å². The van der Waals surface area contributed by atoms with Gasteiger partial charge < -0.3 is 0 Å². The van der Waals surface area contributed by atoms with Gasteiger partial charge in [-0.1, -0.05) is 20.8 Å². The predicted octanol–water partition coefficient (Wildman–Crippen LogP) is 2.11. The van der Waals surface area contributed by atoms with Crippen LogP contribution in [0, 0.1) is 5.41 Å². The van der Waals surface area contributed by atoms with Gasteiger partial charge in [-0.25, -0.2) is 0 Å². The fourth-order valence-corrected chi connectivity index (χ4v) is 1.66. The molecule has 1 heterocycles. The highest BCUT2D eigenvalue weighted by Gasteiger charge is 2.31. The van der Waals surface area contributed by atoms with E-state index in [1.165, 1.54) is 5.71 Å². The molecule has 1 aliphatic heterocycles. The molecule has 0 spiro atoms. The van der Waals surface area contributed by atoms with Crippen LogP contribution in [0.2, 0.25) is 0 Å². The molecule has 0 saturated carbocycles. The molecule has 1 aliphatic rings. The van der Waals surface area contributed by atoms with Crippen molar-refractivity contribution in [1.82, 2.24) is 5.01 Å². The molecule has 1 rings (SSSR count). The Bertz CT molecular complexity index is 176. The van der Waals surface area contributed by atoms with Crippen molar-refractivity contribution >= 4 is 5.71 Å². The highest BCUT2D eigenvalue weighted by molar-refractivity contribution is 5.83. The van der Waals surface area contributed by atoms with Gasteiger partial charge in [0, 0.05) is 19.2 Å². The van der Waals surface area contributed by atoms with Crippen molar-refractivity contribution in [3.05, 3.63) is 0 Å². The zero-order valence-corrected chi connectivity index (χ0v) is 8.18. The summed E-state index contributed by atoms with van der Waals surface area (Å²) in [5.41, 5.74) is 1.60. The Labute approximate surface area is 69.3 Å². The number of rotatable bonds is 0. The molecule has 0 bridgehead atoms. The zero-order chi connectivity index (χ0) is 8.65. The predicted molar refractivity (Wildman–Crippen MR) is 48.7 cm³/mol. The van der Waals surface area contributed by atoms with Crippen LogP contribution in [0.1, 0.15) is 34.1 Å². The Kier molecular flexibility index (Phi) is 1.95. The number of hydrogen-bond donors (Lipinski definition) is 0. The minimum atomic E-state index is 0.343. The molecular formula is C9H18N2. The van der Waals surface area contributed by atoms with Gasteiger partial charge in [0.25, 0.3) is 0 Å². The average Bonchev–Trinajstić information content (AvgIpc) is 2.08. The second-order valence-electron chi connectivity index (χ2n) is 4.49. The molecular weight excluding hydrogens is 136 g/mol. The smallest absolute Gasteiger partial charge is 0.0568 e. The van der Waals surface area contributed by atoms with Gasteiger partial charge in [0.15, 0.2) is 0 Å². The first-order valence-electron chi connectivity index (χ1n) is 4.18. The SMILES string of the molecule is CC1=NN(C)C(C(C)(C)C)C1. The van der Waals surface area contributed by atoms with Gasteiger partial charge in [-0.3, -0.25) is 5.01 Å². The summed E-state index contributed by atoms with van der Waals surface area (Å²) in [6.07, 6.45) is 1.12. The fourth-order valence-electron chi connectivity index (χ4n) is 1.66. The number of hydrogen-bond acceptors (Lipinski definition) is 2. The molecule has 0 amide bonds. The molecule has 64 valence electrons. The quantitative estimate of drug-likeness (QED) is 0.522. The molecule has 0 aromatic carbocycles. The third-order valence-electron chi connectivity index (χ3n) is 2.27. The van der Waals surface area contributed by atoms with E-state index in [0.717, 1.165) is 6.42 Å². The van der Waals surface area contributed by atoms with Gasteiger partial charge in [-0.15, -0.1) is 0 Å². The zero-order valence-electron chi connectivity index (χ0n) is 8.18. The third-order valence-corrected chi connectivity index (χ3v) is 2.27. The number of hydrazone groups is 1. The van der Waals surface area contributed by atoms with E-state index >= 15 is 0 Å². The molecule has 0 fully saturated rings. The highest BCUT2D eigenvalue weighted by Crippen LogP contribution is 2.29. The van der Waals surface area contributed by atoms with E-state index in [9.17, 15) is 0 Å². The second-order valence-corrected chi connectivity index (χ2v) is 4.49. The van der Waals surface area contributed by atoms with Crippen LogP contribution in [0.15, 0.2) is 5.10 Å². The van der Waals surface area contributed by atoms with Gasteiger partial charge in [0.2, 0.25) is 0 Å². The molecule has 11 heavy (non-hydrogen) atoms. The van der Waals surface area contributed by atoms with Crippen LogP contribution in [-0.2, 0) is 0 Å². The fraction of sp³-hybridized carbons (Fsp3) is 0.889. The topological polar surface area (TPSA) is 15.6 Å². The number of nitrogens with zero attached hydrogens (tertiary/aromatic N) is 2. The van der Waals surface area contributed by atoms with E-state index in [-0.39, 0.29) is 0 Å². The van der Waals surface area contributed by atoms with E-state index in [0.29, 0.717) is 11.5 Å². The van der Waals surface area contributed by atoms with Crippen LogP contribution >= 0.6 is 0 Å². The lowest BCUT2D eigenvalue weighted by Gasteiger charge is -2.31. The standard InChI is InChI=1S/C9H18N2/c1-7-6-8(9(2,3)4)11(5)10-7/h8H,6H2,1-5H3. The summed E-state index contributed by atoms with van der Waals surface area (Å²) < 4.78 is 0. The van der Waals surface area contributed by atoms with Crippen molar-refractivity contribution in [3.8, 4) is 0 Å². The largest absolute Gasteiger partial charge is 0.296 e. The van der Waals surface area contributed by atoms with E-state index in [4.69, 9.17) is 0 Å². The Morgan fingerprint density at radius 1 is 1.45 bits per heavy atom. The Hall–Kier alpha value is -0.530. The molecule has 0 radical (unpaired) electrons. The van der Waals surface area contributed by atoms with Crippen LogP contribution in [0.3, 0.4) is 0 Å². The lowest BCUT2D eigenvalue weighted by molar-refractivity contribution is 0.153. The van der Waals surface area contributed by atoms with Crippen LogP contribution in [0.5, 0.6) is 0 Å².